The Balaban J connectivity index is 1.80. The number of hydrogen-bond acceptors (Lipinski definition) is 2. The fourth-order valence-corrected chi connectivity index (χ4v) is 2.60. The molecule has 0 amide bonds. The summed E-state index contributed by atoms with van der Waals surface area (Å²) in [6, 6.07) is 10.4. The molecule has 0 spiro atoms. The highest BCUT2D eigenvalue weighted by Crippen LogP contribution is 2.36. The topological polar surface area (TPSA) is 49.3 Å². The van der Waals surface area contributed by atoms with Gasteiger partial charge >= 0.3 is 5.97 Å². The Morgan fingerprint density at radius 3 is 2.61 bits per heavy atom. The highest BCUT2D eigenvalue weighted by molar-refractivity contribution is 5.73. The van der Waals surface area contributed by atoms with Crippen molar-refractivity contribution in [2.24, 2.45) is 0 Å². The molecule has 98 valence electrons. The van der Waals surface area contributed by atoms with Crippen LogP contribution in [0.1, 0.15) is 44.1 Å². The fraction of sp³-hybridized carbons (Fsp3) is 0.533. The van der Waals surface area contributed by atoms with Gasteiger partial charge in [0, 0.05) is 6.04 Å². The number of carbonyl (C=O) groups is 1. The highest BCUT2D eigenvalue weighted by atomic mass is 16.4. The first kappa shape index (κ1) is 13.1. The van der Waals surface area contributed by atoms with E-state index in [0.717, 1.165) is 19.3 Å². The van der Waals surface area contributed by atoms with Crippen molar-refractivity contribution in [2.45, 2.75) is 50.6 Å². The first-order chi connectivity index (χ1) is 8.70. The van der Waals surface area contributed by atoms with Crippen LogP contribution in [0.2, 0.25) is 0 Å². The van der Waals surface area contributed by atoms with Gasteiger partial charge in [0.05, 0.1) is 0 Å². The molecular weight excluding hydrogens is 226 g/mol. The second kappa shape index (κ2) is 6.01. The molecule has 2 rings (SSSR count). The molecule has 0 aromatic heterocycles. The normalized spacial score (nSPS) is 24.3. The van der Waals surface area contributed by atoms with Gasteiger partial charge in [-0.05, 0) is 30.7 Å². The summed E-state index contributed by atoms with van der Waals surface area (Å²) in [5, 5.41) is 12.3. The molecule has 1 aromatic rings. The lowest BCUT2D eigenvalue weighted by atomic mass is 9.75. The summed E-state index contributed by atoms with van der Waals surface area (Å²) in [5.74, 6) is -0.125. The number of carboxylic acid groups (broad SMARTS) is 1. The van der Waals surface area contributed by atoms with Crippen molar-refractivity contribution >= 4 is 5.97 Å². The van der Waals surface area contributed by atoms with Gasteiger partial charge in [-0.3, -0.25) is 4.79 Å². The molecule has 1 aliphatic carbocycles. The van der Waals surface area contributed by atoms with E-state index in [2.05, 4.69) is 29.6 Å². The van der Waals surface area contributed by atoms with Gasteiger partial charge in [0.2, 0.25) is 0 Å². The molecule has 0 saturated heterocycles. The van der Waals surface area contributed by atoms with E-state index in [1.54, 1.807) is 0 Å². The highest BCUT2D eigenvalue weighted by Gasteiger charge is 2.32. The Labute approximate surface area is 108 Å². The first-order valence-electron chi connectivity index (χ1n) is 6.74. The largest absolute Gasteiger partial charge is 0.480 e. The number of nitrogens with one attached hydrogen (secondary N) is 1. The van der Waals surface area contributed by atoms with Crippen LogP contribution in [0.3, 0.4) is 0 Å². The minimum absolute atomic E-state index is 0.364. The summed E-state index contributed by atoms with van der Waals surface area (Å²) in [7, 11) is 0. The van der Waals surface area contributed by atoms with Crippen molar-refractivity contribution in [1.82, 2.24) is 5.32 Å². The third-order valence-corrected chi connectivity index (χ3v) is 3.72. The van der Waals surface area contributed by atoms with Crippen LogP contribution in [0.5, 0.6) is 0 Å². The number of hydrogen-bond donors (Lipinski definition) is 2. The van der Waals surface area contributed by atoms with Gasteiger partial charge in [0.1, 0.15) is 6.04 Å². The van der Waals surface area contributed by atoms with E-state index in [9.17, 15) is 4.79 Å². The van der Waals surface area contributed by atoms with Crippen LogP contribution in [-0.4, -0.2) is 23.2 Å². The van der Waals surface area contributed by atoms with E-state index in [0.29, 0.717) is 18.4 Å². The fourth-order valence-electron chi connectivity index (χ4n) is 2.60. The molecule has 18 heavy (non-hydrogen) atoms. The molecule has 0 radical (unpaired) electrons. The molecule has 3 nitrogen and oxygen atoms in total. The zero-order chi connectivity index (χ0) is 13.0. The number of benzene rings is 1. The lowest BCUT2D eigenvalue weighted by Crippen LogP contribution is -2.48. The monoisotopic (exact) mass is 247 g/mol. The predicted octanol–water partition coefficient (Wildman–Crippen LogP) is 2.78. The Hall–Kier alpha value is -1.35. The first-order valence-corrected chi connectivity index (χ1v) is 6.74. The predicted molar refractivity (Wildman–Crippen MR) is 71.7 cm³/mol. The van der Waals surface area contributed by atoms with Crippen LogP contribution in [0.15, 0.2) is 30.3 Å². The molecule has 0 heterocycles. The van der Waals surface area contributed by atoms with E-state index in [-0.39, 0.29) is 6.04 Å². The minimum atomic E-state index is -0.722. The van der Waals surface area contributed by atoms with Crippen LogP contribution < -0.4 is 5.32 Å². The average molecular weight is 247 g/mol. The average Bonchev–Trinajstić information content (AvgIpc) is 2.32. The lowest BCUT2D eigenvalue weighted by Gasteiger charge is -2.38. The van der Waals surface area contributed by atoms with E-state index < -0.39 is 5.97 Å². The maximum Gasteiger partial charge on any atom is 0.320 e. The van der Waals surface area contributed by atoms with Crippen molar-refractivity contribution in [3.8, 4) is 0 Å². The zero-order valence-electron chi connectivity index (χ0n) is 10.8. The van der Waals surface area contributed by atoms with Crippen molar-refractivity contribution in [3.05, 3.63) is 35.9 Å². The molecule has 1 aromatic carbocycles. The molecule has 1 atom stereocenters. The molecule has 1 aliphatic rings. The summed E-state index contributed by atoms with van der Waals surface area (Å²) < 4.78 is 0. The number of rotatable bonds is 6. The smallest absolute Gasteiger partial charge is 0.320 e. The second-order valence-corrected chi connectivity index (χ2v) is 5.12. The number of carboxylic acids is 1. The molecule has 1 unspecified atom stereocenters. The van der Waals surface area contributed by atoms with E-state index in [4.69, 9.17) is 5.11 Å². The molecule has 1 fully saturated rings. The summed E-state index contributed by atoms with van der Waals surface area (Å²) >= 11 is 0. The van der Waals surface area contributed by atoms with Crippen molar-refractivity contribution in [3.63, 3.8) is 0 Å². The molecule has 1 saturated carbocycles. The Bertz CT molecular complexity index is 385. The minimum Gasteiger partial charge on any atom is -0.480 e. The summed E-state index contributed by atoms with van der Waals surface area (Å²) in [6.45, 7) is 2.02. The third-order valence-electron chi connectivity index (χ3n) is 3.72. The van der Waals surface area contributed by atoms with E-state index in [1.165, 1.54) is 5.56 Å². The van der Waals surface area contributed by atoms with Gasteiger partial charge in [0.15, 0.2) is 0 Å². The lowest BCUT2D eigenvalue weighted by molar-refractivity contribution is -0.140. The van der Waals surface area contributed by atoms with Crippen LogP contribution >= 0.6 is 0 Å². The van der Waals surface area contributed by atoms with E-state index in [1.807, 2.05) is 13.0 Å². The molecule has 0 aliphatic heterocycles. The van der Waals surface area contributed by atoms with Crippen LogP contribution in [0.25, 0.3) is 0 Å². The molecule has 2 N–H and O–H groups in total. The van der Waals surface area contributed by atoms with Gasteiger partial charge in [-0.2, -0.15) is 0 Å². The summed E-state index contributed by atoms with van der Waals surface area (Å²) in [4.78, 5) is 11.1. The quantitative estimate of drug-likeness (QED) is 0.812. The molecule has 0 bridgehead atoms. The Kier molecular flexibility index (Phi) is 4.37. The SMILES string of the molecule is CCCC(NC1CC(c2ccccc2)C1)C(=O)O. The Morgan fingerprint density at radius 1 is 1.39 bits per heavy atom. The number of aliphatic carboxylic acids is 1. The van der Waals surface area contributed by atoms with E-state index >= 15 is 0 Å². The van der Waals surface area contributed by atoms with Crippen molar-refractivity contribution in [2.75, 3.05) is 0 Å². The summed E-state index contributed by atoms with van der Waals surface area (Å²) in [6.07, 6.45) is 3.72. The van der Waals surface area contributed by atoms with Gasteiger partial charge in [-0.25, -0.2) is 0 Å². The molecular formula is C15H21NO2. The van der Waals surface area contributed by atoms with Gasteiger partial charge in [-0.15, -0.1) is 0 Å². The zero-order valence-corrected chi connectivity index (χ0v) is 10.8. The standard InChI is InChI=1S/C15H21NO2/c1-2-6-14(15(17)18)16-13-9-12(10-13)11-7-4-3-5-8-11/h3-5,7-8,12-14,16H,2,6,9-10H2,1H3,(H,17,18). The maximum atomic E-state index is 11.1. The van der Waals surface area contributed by atoms with Gasteiger partial charge in [0.25, 0.3) is 0 Å². The maximum absolute atomic E-state index is 11.1. The van der Waals surface area contributed by atoms with Crippen LogP contribution in [-0.2, 0) is 4.79 Å². The summed E-state index contributed by atoms with van der Waals surface area (Å²) in [5.41, 5.74) is 1.37. The van der Waals surface area contributed by atoms with Gasteiger partial charge in [-0.1, -0.05) is 43.7 Å². The Morgan fingerprint density at radius 2 is 2.06 bits per heavy atom. The van der Waals surface area contributed by atoms with Gasteiger partial charge < -0.3 is 10.4 Å². The van der Waals surface area contributed by atoms with Crippen molar-refractivity contribution < 1.29 is 9.90 Å². The van der Waals surface area contributed by atoms with Crippen LogP contribution in [0, 0.1) is 0 Å². The molecule has 3 heteroatoms. The third kappa shape index (κ3) is 3.10. The van der Waals surface area contributed by atoms with Crippen LogP contribution in [0.4, 0.5) is 0 Å². The van der Waals surface area contributed by atoms with Crippen molar-refractivity contribution in [1.29, 1.82) is 0 Å². The second-order valence-electron chi connectivity index (χ2n) is 5.12.